The Balaban J connectivity index is 1.54. The van der Waals surface area contributed by atoms with E-state index in [4.69, 9.17) is 5.73 Å². The number of fused-ring (bicyclic) bond motifs is 2. The number of nitrogens with one attached hydrogen (secondary N) is 1. The fourth-order valence-corrected chi connectivity index (χ4v) is 4.47. The third-order valence-corrected chi connectivity index (χ3v) is 5.77. The molecule has 0 atom stereocenters. The van der Waals surface area contributed by atoms with Gasteiger partial charge in [-0.1, -0.05) is 30.3 Å². The minimum atomic E-state index is -0.644. The van der Waals surface area contributed by atoms with Gasteiger partial charge in [-0.25, -0.2) is 4.79 Å². The van der Waals surface area contributed by atoms with Crippen LogP contribution >= 0.6 is 0 Å². The zero-order valence-corrected chi connectivity index (χ0v) is 16.1. The Labute approximate surface area is 169 Å². The van der Waals surface area contributed by atoms with E-state index < -0.39 is 5.91 Å². The molecule has 1 aromatic heterocycles. The Morgan fingerprint density at radius 1 is 1.28 bits per heavy atom. The van der Waals surface area contributed by atoms with Gasteiger partial charge in [0.1, 0.15) is 6.07 Å². The van der Waals surface area contributed by atoms with Gasteiger partial charge in [0, 0.05) is 31.2 Å². The van der Waals surface area contributed by atoms with Crippen molar-refractivity contribution in [3.63, 3.8) is 0 Å². The summed E-state index contributed by atoms with van der Waals surface area (Å²) in [5.41, 5.74) is 9.99. The first-order valence-electron chi connectivity index (χ1n) is 9.70. The van der Waals surface area contributed by atoms with Gasteiger partial charge in [-0.15, -0.1) is 6.58 Å². The van der Waals surface area contributed by atoms with Crippen LogP contribution in [0.15, 0.2) is 36.9 Å². The molecule has 2 aromatic rings. The maximum atomic E-state index is 12.9. The molecule has 148 valence electrons. The number of urea groups is 1. The molecule has 1 aliphatic heterocycles. The Morgan fingerprint density at radius 3 is 2.55 bits per heavy atom. The minimum Gasteiger partial charge on any atom is -0.366 e. The lowest BCUT2D eigenvalue weighted by Gasteiger charge is -2.31. The molecule has 3 N–H and O–H groups in total. The van der Waals surface area contributed by atoms with E-state index in [2.05, 4.69) is 30.1 Å². The van der Waals surface area contributed by atoms with Crippen molar-refractivity contribution in [2.45, 2.75) is 38.4 Å². The van der Waals surface area contributed by atoms with Crippen molar-refractivity contribution in [1.29, 1.82) is 5.26 Å². The Morgan fingerprint density at radius 2 is 1.97 bits per heavy atom. The van der Waals surface area contributed by atoms with Crippen LogP contribution in [0.1, 0.15) is 38.4 Å². The molecule has 1 aliphatic carbocycles. The second kappa shape index (κ2) is 7.47. The Kier molecular flexibility index (Phi) is 4.85. The van der Waals surface area contributed by atoms with Gasteiger partial charge in [-0.2, -0.15) is 5.26 Å². The molecule has 0 spiro atoms. The van der Waals surface area contributed by atoms with Gasteiger partial charge in [0.2, 0.25) is 0 Å². The van der Waals surface area contributed by atoms with Crippen LogP contribution in [0, 0.1) is 11.3 Å². The van der Waals surface area contributed by atoms with E-state index in [1.807, 2.05) is 16.7 Å². The number of rotatable bonds is 4. The highest BCUT2D eigenvalue weighted by molar-refractivity contribution is 5.97. The molecule has 2 aliphatic rings. The summed E-state index contributed by atoms with van der Waals surface area (Å²) < 4.78 is 1.94. The highest BCUT2D eigenvalue weighted by atomic mass is 16.2. The molecule has 0 bridgehead atoms. The molecule has 0 fully saturated rings. The largest absolute Gasteiger partial charge is 0.366 e. The first kappa shape index (κ1) is 18.8. The third-order valence-electron chi connectivity index (χ3n) is 5.77. The van der Waals surface area contributed by atoms with Crippen molar-refractivity contribution < 1.29 is 9.59 Å². The van der Waals surface area contributed by atoms with Crippen LogP contribution in [0.5, 0.6) is 0 Å². The average molecular weight is 389 g/mol. The number of hydrogen-bond acceptors (Lipinski definition) is 3. The molecule has 7 nitrogen and oxygen atoms in total. The number of nitrogens with two attached hydrogens (primary N) is 1. The molecule has 2 heterocycles. The number of nitriles is 1. The summed E-state index contributed by atoms with van der Waals surface area (Å²) in [5.74, 6) is -0.644. The molecule has 0 unspecified atom stereocenters. The maximum absolute atomic E-state index is 12.9. The van der Waals surface area contributed by atoms with Crippen LogP contribution in [-0.4, -0.2) is 34.0 Å². The number of nitrogens with zero attached hydrogens (tertiary/aromatic N) is 3. The SMILES string of the molecule is C=CCc1c(C#N)c(C(N)=O)c2n1CCN(C(=O)NC1Cc3ccccc3C1)C2. The number of primary amides is 1. The van der Waals surface area contributed by atoms with Crippen LogP contribution in [0.25, 0.3) is 0 Å². The van der Waals surface area contributed by atoms with Gasteiger partial charge in [0.25, 0.3) is 5.91 Å². The van der Waals surface area contributed by atoms with E-state index in [1.54, 1.807) is 11.0 Å². The summed E-state index contributed by atoms with van der Waals surface area (Å²) in [5, 5.41) is 12.7. The highest BCUT2D eigenvalue weighted by Gasteiger charge is 2.32. The van der Waals surface area contributed by atoms with Gasteiger partial charge >= 0.3 is 6.03 Å². The first-order valence-corrected chi connectivity index (χ1v) is 9.70. The fraction of sp³-hybridized carbons (Fsp3) is 0.318. The maximum Gasteiger partial charge on any atom is 0.318 e. The Bertz CT molecular complexity index is 1020. The molecule has 0 saturated carbocycles. The molecular formula is C22H23N5O2. The zero-order valence-electron chi connectivity index (χ0n) is 16.1. The standard InChI is InChI=1S/C22H23N5O2/c1-2-5-18-17(12-23)20(21(24)28)19-13-26(8-9-27(18)19)22(29)25-16-10-14-6-3-4-7-15(14)11-16/h2-4,6-7,16H,1,5,8-11,13H2,(H2,24,28)(H,25,29). The molecule has 1 aromatic carbocycles. The fourth-order valence-electron chi connectivity index (χ4n) is 4.47. The molecule has 7 heteroatoms. The topological polar surface area (TPSA) is 104 Å². The predicted octanol–water partition coefficient (Wildman–Crippen LogP) is 1.88. The number of carbonyl (C=O) groups excluding carboxylic acids is 2. The second-order valence-electron chi connectivity index (χ2n) is 7.51. The summed E-state index contributed by atoms with van der Waals surface area (Å²) in [6, 6.07) is 10.2. The lowest BCUT2D eigenvalue weighted by Crippen LogP contribution is -2.48. The van der Waals surface area contributed by atoms with E-state index in [9.17, 15) is 14.9 Å². The van der Waals surface area contributed by atoms with Gasteiger partial charge in [0.05, 0.1) is 23.4 Å². The van der Waals surface area contributed by atoms with Crippen molar-refractivity contribution in [3.8, 4) is 6.07 Å². The Hall–Kier alpha value is -3.53. The quantitative estimate of drug-likeness (QED) is 0.780. The van der Waals surface area contributed by atoms with Gasteiger partial charge in [-0.3, -0.25) is 4.79 Å². The molecule has 29 heavy (non-hydrogen) atoms. The molecule has 0 saturated heterocycles. The predicted molar refractivity (Wildman–Crippen MR) is 108 cm³/mol. The number of aromatic nitrogens is 1. The van der Waals surface area contributed by atoms with Crippen molar-refractivity contribution in [3.05, 3.63) is 70.6 Å². The summed E-state index contributed by atoms with van der Waals surface area (Å²) in [6.07, 6.45) is 3.81. The second-order valence-corrected chi connectivity index (χ2v) is 7.51. The van der Waals surface area contributed by atoms with E-state index >= 15 is 0 Å². The number of carbonyl (C=O) groups is 2. The van der Waals surface area contributed by atoms with Crippen molar-refractivity contribution >= 4 is 11.9 Å². The van der Waals surface area contributed by atoms with Crippen LogP contribution in [0.4, 0.5) is 4.79 Å². The monoisotopic (exact) mass is 389 g/mol. The number of amides is 3. The van der Waals surface area contributed by atoms with Crippen molar-refractivity contribution in [1.82, 2.24) is 14.8 Å². The highest BCUT2D eigenvalue weighted by Crippen LogP contribution is 2.28. The zero-order chi connectivity index (χ0) is 20.5. The smallest absolute Gasteiger partial charge is 0.318 e. The van der Waals surface area contributed by atoms with Gasteiger partial charge in [-0.05, 0) is 24.0 Å². The lowest BCUT2D eigenvalue weighted by molar-refractivity contribution is 0.0996. The molecule has 3 amide bonds. The van der Waals surface area contributed by atoms with E-state index in [1.165, 1.54) is 11.1 Å². The molecular weight excluding hydrogens is 366 g/mol. The van der Waals surface area contributed by atoms with Gasteiger partial charge < -0.3 is 20.5 Å². The summed E-state index contributed by atoms with van der Waals surface area (Å²) >= 11 is 0. The summed E-state index contributed by atoms with van der Waals surface area (Å²) in [4.78, 5) is 26.6. The van der Waals surface area contributed by atoms with Crippen LogP contribution < -0.4 is 11.1 Å². The third kappa shape index (κ3) is 3.27. The first-order chi connectivity index (χ1) is 14.0. The number of benzene rings is 1. The molecule has 4 rings (SSSR count). The van der Waals surface area contributed by atoms with Gasteiger partial charge in [0.15, 0.2) is 0 Å². The van der Waals surface area contributed by atoms with E-state index in [0.717, 1.165) is 18.5 Å². The summed E-state index contributed by atoms with van der Waals surface area (Å²) in [6.45, 7) is 5.00. The van der Waals surface area contributed by atoms with Crippen LogP contribution in [0.2, 0.25) is 0 Å². The van der Waals surface area contributed by atoms with Crippen molar-refractivity contribution in [2.24, 2.45) is 5.73 Å². The lowest BCUT2D eigenvalue weighted by atomic mass is 10.1. The average Bonchev–Trinajstić information content (AvgIpc) is 3.25. The number of allylic oxidation sites excluding steroid dienone is 1. The van der Waals surface area contributed by atoms with Crippen molar-refractivity contribution in [2.75, 3.05) is 6.54 Å². The van der Waals surface area contributed by atoms with E-state index in [0.29, 0.717) is 30.8 Å². The number of hydrogen-bond donors (Lipinski definition) is 2. The van der Waals surface area contributed by atoms with Crippen LogP contribution in [0.3, 0.4) is 0 Å². The summed E-state index contributed by atoms with van der Waals surface area (Å²) in [7, 11) is 0. The normalized spacial score (nSPS) is 15.3. The molecule has 0 radical (unpaired) electrons. The van der Waals surface area contributed by atoms with Crippen LogP contribution in [-0.2, 0) is 32.4 Å². The minimum absolute atomic E-state index is 0.0650. The van der Waals surface area contributed by atoms with E-state index in [-0.39, 0.29) is 24.2 Å².